The quantitative estimate of drug-likeness (QED) is 0.433. The van der Waals surface area contributed by atoms with Crippen molar-refractivity contribution in [1.82, 2.24) is 0 Å². The van der Waals surface area contributed by atoms with Crippen LogP contribution in [0.15, 0.2) is 0 Å². The number of unbranched alkanes of at least 4 members (excludes halogenated alkanes) is 1. The van der Waals surface area contributed by atoms with E-state index in [2.05, 4.69) is 4.52 Å². The number of phosphoric acid groups is 1. The molecule has 0 aromatic carbocycles. The molecule has 2 N–H and O–H groups in total. The van der Waals surface area contributed by atoms with E-state index in [9.17, 15) is 14.2 Å². The Bertz CT molecular complexity index is 364. The van der Waals surface area contributed by atoms with E-state index in [1.807, 2.05) is 6.92 Å². The van der Waals surface area contributed by atoms with E-state index >= 15 is 0 Å². The summed E-state index contributed by atoms with van der Waals surface area (Å²) >= 11 is 0. The van der Waals surface area contributed by atoms with Crippen LogP contribution in [0.5, 0.6) is 0 Å². The molecule has 0 saturated heterocycles. The van der Waals surface area contributed by atoms with E-state index in [0.29, 0.717) is 12.8 Å². The summed E-state index contributed by atoms with van der Waals surface area (Å²) < 4.78 is 24.8. The lowest BCUT2D eigenvalue weighted by Crippen LogP contribution is -2.29. The largest absolute Gasteiger partial charge is 0.469 e. The summed E-state index contributed by atoms with van der Waals surface area (Å²) in [6.07, 6.45) is 1.42. The number of esters is 2. The van der Waals surface area contributed by atoms with Gasteiger partial charge in [-0.25, -0.2) is 4.57 Å². The van der Waals surface area contributed by atoms with Crippen molar-refractivity contribution in [2.45, 2.75) is 52.1 Å². The molecular formula is C12H23O8P. The van der Waals surface area contributed by atoms with Gasteiger partial charge in [0.2, 0.25) is 0 Å². The first-order valence-corrected chi connectivity index (χ1v) is 8.36. The molecule has 0 heterocycles. The van der Waals surface area contributed by atoms with Gasteiger partial charge in [-0.15, -0.1) is 0 Å². The van der Waals surface area contributed by atoms with Crippen molar-refractivity contribution in [3.8, 4) is 0 Å². The fourth-order valence-electron chi connectivity index (χ4n) is 1.32. The van der Waals surface area contributed by atoms with E-state index in [1.54, 1.807) is 6.92 Å². The van der Waals surface area contributed by atoms with Crippen LogP contribution in [0.1, 0.15) is 46.0 Å². The number of rotatable bonds is 11. The van der Waals surface area contributed by atoms with Crippen molar-refractivity contribution >= 4 is 19.8 Å². The molecule has 124 valence electrons. The second-order valence-electron chi connectivity index (χ2n) is 4.43. The molecule has 0 fully saturated rings. The maximum absolute atomic E-state index is 11.5. The Morgan fingerprint density at radius 2 is 1.71 bits per heavy atom. The first-order chi connectivity index (χ1) is 9.78. The number of phosphoric ester groups is 1. The monoisotopic (exact) mass is 326 g/mol. The molecule has 0 unspecified atom stereocenters. The summed E-state index contributed by atoms with van der Waals surface area (Å²) in [4.78, 5) is 40.0. The molecule has 0 saturated carbocycles. The van der Waals surface area contributed by atoms with Crippen molar-refractivity contribution in [3.05, 3.63) is 0 Å². The van der Waals surface area contributed by atoms with Crippen LogP contribution in [0.3, 0.4) is 0 Å². The van der Waals surface area contributed by atoms with Gasteiger partial charge in [-0.2, -0.15) is 0 Å². The lowest BCUT2D eigenvalue weighted by atomic mass is 10.2. The smallest absolute Gasteiger partial charge is 0.462 e. The Morgan fingerprint density at radius 1 is 1.05 bits per heavy atom. The van der Waals surface area contributed by atoms with Gasteiger partial charge in [-0.1, -0.05) is 20.3 Å². The van der Waals surface area contributed by atoms with Gasteiger partial charge in [0.05, 0.1) is 6.61 Å². The van der Waals surface area contributed by atoms with Gasteiger partial charge < -0.3 is 19.3 Å². The maximum atomic E-state index is 11.5. The Hall–Kier alpha value is -0.950. The maximum Gasteiger partial charge on any atom is 0.469 e. The van der Waals surface area contributed by atoms with Crippen LogP contribution in [0.4, 0.5) is 0 Å². The zero-order valence-electron chi connectivity index (χ0n) is 12.3. The average molecular weight is 326 g/mol. The molecule has 9 heteroatoms. The zero-order valence-corrected chi connectivity index (χ0v) is 13.2. The number of carbonyl (C=O) groups is 2. The Labute approximate surface area is 124 Å². The highest BCUT2D eigenvalue weighted by molar-refractivity contribution is 7.46. The minimum atomic E-state index is -4.68. The Kier molecular flexibility index (Phi) is 10.2. The average Bonchev–Trinajstić information content (AvgIpc) is 2.39. The number of ether oxygens (including phenoxy) is 2. The van der Waals surface area contributed by atoms with Crippen LogP contribution in [0.25, 0.3) is 0 Å². The highest BCUT2D eigenvalue weighted by Crippen LogP contribution is 2.35. The van der Waals surface area contributed by atoms with Gasteiger partial charge >= 0.3 is 19.8 Å². The van der Waals surface area contributed by atoms with Crippen molar-refractivity contribution in [1.29, 1.82) is 0 Å². The van der Waals surface area contributed by atoms with Crippen molar-refractivity contribution in [3.63, 3.8) is 0 Å². The van der Waals surface area contributed by atoms with Gasteiger partial charge in [0, 0.05) is 12.8 Å². The van der Waals surface area contributed by atoms with Crippen LogP contribution in [-0.2, 0) is 28.2 Å². The van der Waals surface area contributed by atoms with E-state index in [-0.39, 0.29) is 19.4 Å². The molecule has 8 nitrogen and oxygen atoms in total. The molecular weight excluding hydrogens is 303 g/mol. The van der Waals surface area contributed by atoms with Crippen LogP contribution in [0.2, 0.25) is 0 Å². The SMILES string of the molecule is CCCCC(=O)O[C@@H](COC(=O)CCC)COP(=O)(O)O. The third kappa shape index (κ3) is 12.5. The molecule has 0 radical (unpaired) electrons. The van der Waals surface area contributed by atoms with E-state index in [4.69, 9.17) is 19.3 Å². The highest BCUT2D eigenvalue weighted by atomic mass is 31.2. The van der Waals surface area contributed by atoms with E-state index < -0.39 is 32.5 Å². The summed E-state index contributed by atoms with van der Waals surface area (Å²) in [5, 5.41) is 0. The van der Waals surface area contributed by atoms with Crippen LogP contribution in [-0.4, -0.2) is 41.0 Å². The lowest BCUT2D eigenvalue weighted by Gasteiger charge is -2.18. The predicted octanol–water partition coefficient (Wildman–Crippen LogP) is 1.54. The van der Waals surface area contributed by atoms with Crippen LogP contribution in [0, 0.1) is 0 Å². The van der Waals surface area contributed by atoms with E-state index in [1.165, 1.54) is 0 Å². The molecule has 0 aliphatic carbocycles. The first-order valence-electron chi connectivity index (χ1n) is 6.83. The van der Waals surface area contributed by atoms with Gasteiger partial charge in [-0.3, -0.25) is 14.1 Å². The van der Waals surface area contributed by atoms with Crippen molar-refractivity contribution in [2.24, 2.45) is 0 Å². The van der Waals surface area contributed by atoms with Crippen molar-refractivity contribution in [2.75, 3.05) is 13.2 Å². The van der Waals surface area contributed by atoms with Gasteiger partial charge in [0.1, 0.15) is 6.61 Å². The molecule has 21 heavy (non-hydrogen) atoms. The minimum absolute atomic E-state index is 0.186. The fourth-order valence-corrected chi connectivity index (χ4v) is 1.68. The number of hydrogen-bond donors (Lipinski definition) is 2. The fraction of sp³-hybridized carbons (Fsp3) is 0.833. The predicted molar refractivity (Wildman–Crippen MR) is 73.3 cm³/mol. The molecule has 0 amide bonds. The van der Waals surface area contributed by atoms with Crippen molar-refractivity contribution < 1.29 is 37.9 Å². The molecule has 1 atom stereocenters. The third-order valence-corrected chi connectivity index (χ3v) is 2.83. The normalized spacial score (nSPS) is 12.8. The Balaban J connectivity index is 4.35. The standard InChI is InChI=1S/C12H23O8P/c1-3-5-7-12(14)20-10(9-19-21(15,16)17)8-18-11(13)6-4-2/h10H,3-9H2,1-2H3,(H2,15,16,17)/t10-/m0/s1. The third-order valence-electron chi connectivity index (χ3n) is 2.35. The topological polar surface area (TPSA) is 119 Å². The summed E-state index contributed by atoms with van der Waals surface area (Å²) in [6, 6.07) is 0. The molecule has 0 aromatic rings. The number of carbonyl (C=O) groups excluding carboxylic acids is 2. The van der Waals surface area contributed by atoms with Crippen LogP contribution < -0.4 is 0 Å². The second kappa shape index (κ2) is 10.7. The molecule has 0 rings (SSSR count). The summed E-state index contributed by atoms with van der Waals surface area (Å²) in [7, 11) is -4.68. The van der Waals surface area contributed by atoms with Gasteiger partial charge in [0.15, 0.2) is 6.10 Å². The zero-order chi connectivity index (χ0) is 16.3. The Morgan fingerprint density at radius 3 is 2.24 bits per heavy atom. The van der Waals surface area contributed by atoms with Gasteiger partial charge in [0.25, 0.3) is 0 Å². The second-order valence-corrected chi connectivity index (χ2v) is 5.67. The van der Waals surface area contributed by atoms with Crippen LogP contribution >= 0.6 is 7.82 Å². The number of hydrogen-bond acceptors (Lipinski definition) is 6. The molecule has 0 aliphatic heterocycles. The molecule has 0 aliphatic rings. The molecule has 0 aromatic heterocycles. The summed E-state index contributed by atoms with van der Waals surface area (Å²) in [6.45, 7) is 2.88. The first kappa shape index (κ1) is 20.1. The van der Waals surface area contributed by atoms with E-state index in [0.717, 1.165) is 6.42 Å². The summed E-state index contributed by atoms with van der Waals surface area (Å²) in [5.74, 6) is -0.994. The lowest BCUT2D eigenvalue weighted by molar-refractivity contribution is -0.161. The molecule has 0 spiro atoms. The minimum Gasteiger partial charge on any atom is -0.462 e. The van der Waals surface area contributed by atoms with Gasteiger partial charge in [-0.05, 0) is 12.8 Å². The molecule has 0 bridgehead atoms. The summed E-state index contributed by atoms with van der Waals surface area (Å²) in [5.41, 5.74) is 0. The highest BCUT2D eigenvalue weighted by Gasteiger charge is 2.22.